The lowest BCUT2D eigenvalue weighted by molar-refractivity contribution is -0.139. The first-order valence-corrected chi connectivity index (χ1v) is 8.72. The molecule has 0 aliphatic heterocycles. The van der Waals surface area contributed by atoms with Gasteiger partial charge >= 0.3 is 5.97 Å². The Kier molecular flexibility index (Phi) is 26.3. The van der Waals surface area contributed by atoms with Crippen molar-refractivity contribution >= 4 is 29.8 Å². The molecule has 0 amide bonds. The molecule has 0 saturated heterocycles. The molecule has 0 saturated carbocycles. The molecule has 13 nitrogen and oxygen atoms in total. The molecular formula is C19H32N2O11. The molecule has 1 unspecified atom stereocenters. The van der Waals surface area contributed by atoms with Crippen LogP contribution in [-0.2, 0) is 30.4 Å². The summed E-state index contributed by atoms with van der Waals surface area (Å²) in [7, 11) is 0. The second-order valence-electron chi connectivity index (χ2n) is 5.60. The number of benzene rings is 1. The summed E-state index contributed by atoms with van der Waals surface area (Å²) in [6, 6.07) is 7.10. The second-order valence-corrected chi connectivity index (χ2v) is 5.60. The fourth-order valence-corrected chi connectivity index (χ4v) is 1.25. The first kappa shape index (κ1) is 35.7. The molecule has 1 aromatic rings. The van der Waals surface area contributed by atoms with Gasteiger partial charge in [0.25, 0.3) is 23.9 Å². The maximum atomic E-state index is 10.3. The molecule has 0 aliphatic rings. The fourth-order valence-electron chi connectivity index (χ4n) is 1.25. The van der Waals surface area contributed by atoms with Crippen LogP contribution in [0.3, 0.4) is 0 Å². The molecule has 184 valence electrons. The van der Waals surface area contributed by atoms with Crippen LogP contribution in [0.5, 0.6) is 5.75 Å². The lowest BCUT2D eigenvalue weighted by Crippen LogP contribution is -2.31. The van der Waals surface area contributed by atoms with Crippen LogP contribution in [0.2, 0.25) is 0 Å². The Balaban J connectivity index is -0.000000200. The lowest BCUT2D eigenvalue weighted by Gasteiger charge is -2.09. The topological polar surface area (TPSA) is 248 Å². The van der Waals surface area contributed by atoms with Gasteiger partial charge in [-0.05, 0) is 24.1 Å². The standard InChI is InChI=1S/C11H16N2O3.4C2H4O2/c12-6-9(13)5-8-1-3-10(4-2-8)16-7-11(14)15;4*1-2(3)4/h1-4,9H,5-7,12-13H2,(H,14,15);4*1H3,(H,3,4). The van der Waals surface area contributed by atoms with Crippen LogP contribution in [0.4, 0.5) is 0 Å². The van der Waals surface area contributed by atoms with E-state index in [0.717, 1.165) is 33.3 Å². The van der Waals surface area contributed by atoms with Gasteiger partial charge < -0.3 is 41.7 Å². The van der Waals surface area contributed by atoms with Gasteiger partial charge in [-0.1, -0.05) is 12.1 Å². The van der Waals surface area contributed by atoms with Gasteiger partial charge in [0.2, 0.25) is 0 Å². The average Bonchev–Trinajstić information content (AvgIpc) is 2.59. The third-order valence-corrected chi connectivity index (χ3v) is 2.09. The third-order valence-electron chi connectivity index (χ3n) is 2.09. The van der Waals surface area contributed by atoms with Crippen molar-refractivity contribution in [3.8, 4) is 5.75 Å². The Bertz CT molecular complexity index is 612. The Labute approximate surface area is 185 Å². The first-order valence-electron chi connectivity index (χ1n) is 8.72. The second kappa shape index (κ2) is 23.6. The van der Waals surface area contributed by atoms with E-state index in [1.807, 2.05) is 12.1 Å². The molecule has 0 heterocycles. The van der Waals surface area contributed by atoms with Crippen molar-refractivity contribution in [2.75, 3.05) is 13.2 Å². The molecule has 32 heavy (non-hydrogen) atoms. The molecule has 0 fully saturated rings. The van der Waals surface area contributed by atoms with Gasteiger partial charge in [-0.25, -0.2) is 4.79 Å². The Morgan fingerprint density at radius 1 is 0.781 bits per heavy atom. The van der Waals surface area contributed by atoms with Gasteiger partial charge in [0, 0.05) is 40.3 Å². The maximum Gasteiger partial charge on any atom is 0.341 e. The highest BCUT2D eigenvalue weighted by Crippen LogP contribution is 2.12. The molecule has 13 heteroatoms. The minimum absolute atomic E-state index is 0.0502. The van der Waals surface area contributed by atoms with E-state index >= 15 is 0 Å². The molecule has 0 bridgehead atoms. The zero-order valence-electron chi connectivity index (χ0n) is 18.3. The summed E-state index contributed by atoms with van der Waals surface area (Å²) in [5.74, 6) is -3.79. The summed E-state index contributed by atoms with van der Waals surface area (Å²) >= 11 is 0. The van der Waals surface area contributed by atoms with Gasteiger partial charge in [-0.3, -0.25) is 19.2 Å². The molecule has 0 aromatic heterocycles. The molecule has 0 aliphatic carbocycles. The third kappa shape index (κ3) is 56.2. The van der Waals surface area contributed by atoms with E-state index in [-0.39, 0.29) is 12.6 Å². The van der Waals surface area contributed by atoms with E-state index < -0.39 is 29.8 Å². The number of carboxylic acid groups (broad SMARTS) is 5. The zero-order valence-corrected chi connectivity index (χ0v) is 18.3. The van der Waals surface area contributed by atoms with Crippen molar-refractivity contribution in [1.82, 2.24) is 0 Å². The van der Waals surface area contributed by atoms with Gasteiger partial charge in [0.15, 0.2) is 6.61 Å². The predicted octanol–water partition coefficient (Wildman–Crippen LogP) is 0.342. The zero-order chi connectivity index (χ0) is 26.3. The number of aliphatic carboxylic acids is 5. The van der Waals surface area contributed by atoms with E-state index in [0.29, 0.717) is 18.7 Å². The monoisotopic (exact) mass is 464 g/mol. The largest absolute Gasteiger partial charge is 0.482 e. The molecule has 0 radical (unpaired) electrons. The molecule has 1 rings (SSSR count). The quantitative estimate of drug-likeness (QED) is 0.300. The SMILES string of the molecule is CC(=O)O.CC(=O)O.CC(=O)O.CC(=O)O.NCC(N)Cc1ccc(OCC(=O)O)cc1. The van der Waals surface area contributed by atoms with E-state index in [1.54, 1.807) is 12.1 Å². The normalized spacial score (nSPS) is 9.19. The summed E-state index contributed by atoms with van der Waals surface area (Å²) < 4.78 is 5.00. The van der Waals surface area contributed by atoms with Gasteiger partial charge in [0.05, 0.1) is 0 Å². The first-order chi connectivity index (χ1) is 14.5. The summed E-state index contributed by atoms with van der Waals surface area (Å²) in [5.41, 5.74) is 12.2. The minimum Gasteiger partial charge on any atom is -0.482 e. The summed E-state index contributed by atoms with van der Waals surface area (Å²) in [5, 5.41) is 38.1. The van der Waals surface area contributed by atoms with Crippen LogP contribution in [0.25, 0.3) is 0 Å². The highest BCUT2D eigenvalue weighted by molar-refractivity contribution is 5.68. The van der Waals surface area contributed by atoms with E-state index in [1.165, 1.54) is 0 Å². The van der Waals surface area contributed by atoms with Gasteiger partial charge in [-0.15, -0.1) is 0 Å². The van der Waals surface area contributed by atoms with Crippen molar-refractivity contribution < 1.29 is 54.2 Å². The van der Waals surface area contributed by atoms with Gasteiger partial charge in [-0.2, -0.15) is 0 Å². The number of hydrogen-bond donors (Lipinski definition) is 7. The highest BCUT2D eigenvalue weighted by atomic mass is 16.5. The van der Waals surface area contributed by atoms with Gasteiger partial charge in [0.1, 0.15) is 5.75 Å². The highest BCUT2D eigenvalue weighted by Gasteiger charge is 2.03. The van der Waals surface area contributed by atoms with Crippen LogP contribution in [0.15, 0.2) is 24.3 Å². The fraction of sp³-hybridized carbons (Fsp3) is 0.421. The minimum atomic E-state index is -0.991. The molecule has 9 N–H and O–H groups in total. The van der Waals surface area contributed by atoms with Crippen LogP contribution in [-0.4, -0.2) is 74.6 Å². The van der Waals surface area contributed by atoms with E-state index in [4.69, 9.17) is 60.9 Å². The number of carboxylic acids is 5. The number of rotatable bonds is 6. The molecule has 1 aromatic carbocycles. The number of ether oxygens (including phenoxy) is 1. The number of carbonyl (C=O) groups is 5. The van der Waals surface area contributed by atoms with Crippen LogP contribution < -0.4 is 16.2 Å². The predicted molar refractivity (Wildman–Crippen MR) is 114 cm³/mol. The molecule has 0 spiro atoms. The van der Waals surface area contributed by atoms with E-state index in [9.17, 15) is 4.79 Å². The Morgan fingerprint density at radius 3 is 1.34 bits per heavy atom. The van der Waals surface area contributed by atoms with Crippen molar-refractivity contribution in [3.05, 3.63) is 29.8 Å². The number of nitrogens with two attached hydrogens (primary N) is 2. The Hall–Kier alpha value is -3.71. The van der Waals surface area contributed by atoms with E-state index in [2.05, 4.69) is 0 Å². The maximum absolute atomic E-state index is 10.3. The molecular weight excluding hydrogens is 432 g/mol. The summed E-state index contributed by atoms with van der Waals surface area (Å²) in [6.07, 6.45) is 0.704. The molecule has 1 atom stereocenters. The lowest BCUT2D eigenvalue weighted by atomic mass is 10.1. The van der Waals surface area contributed by atoms with Crippen molar-refractivity contribution in [1.29, 1.82) is 0 Å². The van der Waals surface area contributed by atoms with Crippen LogP contribution in [0.1, 0.15) is 33.3 Å². The number of hydrogen-bond acceptors (Lipinski definition) is 8. The van der Waals surface area contributed by atoms with Crippen molar-refractivity contribution in [2.24, 2.45) is 11.5 Å². The smallest absolute Gasteiger partial charge is 0.341 e. The Morgan fingerprint density at radius 2 is 1.09 bits per heavy atom. The van der Waals surface area contributed by atoms with Crippen LogP contribution in [0, 0.1) is 0 Å². The average molecular weight is 464 g/mol. The van der Waals surface area contributed by atoms with Crippen LogP contribution >= 0.6 is 0 Å². The van der Waals surface area contributed by atoms with Crippen molar-refractivity contribution in [2.45, 2.75) is 40.2 Å². The van der Waals surface area contributed by atoms with Crippen molar-refractivity contribution in [3.63, 3.8) is 0 Å². The summed E-state index contributed by atoms with van der Waals surface area (Å²) in [4.78, 5) is 46.3. The summed E-state index contributed by atoms with van der Waals surface area (Å²) in [6.45, 7) is 4.44.